The van der Waals surface area contributed by atoms with Gasteiger partial charge in [0.1, 0.15) is 9.76 Å². The van der Waals surface area contributed by atoms with Gasteiger partial charge in [0.15, 0.2) is 8.32 Å². The van der Waals surface area contributed by atoms with Crippen LogP contribution in [0.2, 0.25) is 25.7 Å². The minimum absolute atomic E-state index is 0.188. The van der Waals surface area contributed by atoms with Crippen molar-refractivity contribution in [2.24, 2.45) is 0 Å². The first-order valence-corrected chi connectivity index (χ1v) is 9.98. The molecule has 0 heterocycles. The van der Waals surface area contributed by atoms with E-state index in [0.717, 1.165) is 6.42 Å². The summed E-state index contributed by atoms with van der Waals surface area (Å²) in [5.74, 6) is 0. The Labute approximate surface area is 80.3 Å². The van der Waals surface area contributed by atoms with Crippen molar-refractivity contribution in [1.29, 1.82) is 0 Å². The van der Waals surface area contributed by atoms with Crippen LogP contribution in [-0.2, 0) is 4.12 Å². The molecule has 0 aromatic carbocycles. The monoisotopic (exact) mass is 202 g/mol. The SMILES string of the molecule is C=CCCCC[Si](C)(C)O[SiH2]C. The van der Waals surface area contributed by atoms with Gasteiger partial charge in [-0.15, -0.1) is 6.58 Å². The Hall–Kier alpha value is 0.134. The Balaban J connectivity index is 3.39. The van der Waals surface area contributed by atoms with Crippen molar-refractivity contribution < 1.29 is 4.12 Å². The summed E-state index contributed by atoms with van der Waals surface area (Å²) in [5, 5.41) is 0. The Morgan fingerprint density at radius 2 is 2.08 bits per heavy atom. The fraction of sp³-hybridized carbons (Fsp3) is 0.778. The van der Waals surface area contributed by atoms with Crippen molar-refractivity contribution in [2.75, 3.05) is 0 Å². The quantitative estimate of drug-likeness (QED) is 0.350. The third-order valence-electron chi connectivity index (χ3n) is 1.97. The first-order valence-electron chi connectivity index (χ1n) is 4.87. The topological polar surface area (TPSA) is 9.23 Å². The highest BCUT2D eigenvalue weighted by atomic mass is 28.4. The van der Waals surface area contributed by atoms with Crippen LogP contribution in [0.3, 0.4) is 0 Å². The largest absolute Gasteiger partial charge is 0.461 e. The van der Waals surface area contributed by atoms with Crippen molar-refractivity contribution in [3.05, 3.63) is 12.7 Å². The fourth-order valence-corrected chi connectivity index (χ4v) is 6.11. The summed E-state index contributed by atoms with van der Waals surface area (Å²) in [5.41, 5.74) is 0. The molecule has 0 bridgehead atoms. The summed E-state index contributed by atoms with van der Waals surface area (Å²) in [6, 6.07) is 1.32. The molecule has 3 heteroatoms. The van der Waals surface area contributed by atoms with Gasteiger partial charge < -0.3 is 4.12 Å². The summed E-state index contributed by atoms with van der Waals surface area (Å²) in [6.45, 7) is 10.6. The zero-order valence-corrected chi connectivity index (χ0v) is 11.1. The van der Waals surface area contributed by atoms with Gasteiger partial charge in [-0.3, -0.25) is 0 Å². The Morgan fingerprint density at radius 3 is 2.58 bits per heavy atom. The molecule has 0 aromatic heterocycles. The molecule has 0 N–H and O–H groups in total. The average Bonchev–Trinajstić information content (AvgIpc) is 1.98. The van der Waals surface area contributed by atoms with E-state index in [2.05, 4.69) is 26.2 Å². The second-order valence-corrected chi connectivity index (χ2v) is 9.48. The van der Waals surface area contributed by atoms with Crippen LogP contribution in [0.1, 0.15) is 19.3 Å². The van der Waals surface area contributed by atoms with Gasteiger partial charge in [-0.2, -0.15) is 0 Å². The van der Waals surface area contributed by atoms with Gasteiger partial charge in [0.05, 0.1) is 0 Å². The normalized spacial score (nSPS) is 12.6. The zero-order valence-electron chi connectivity index (χ0n) is 8.73. The molecular weight excluding hydrogens is 180 g/mol. The molecule has 12 heavy (non-hydrogen) atoms. The molecule has 0 radical (unpaired) electrons. The first kappa shape index (κ1) is 12.1. The molecule has 0 aliphatic carbocycles. The third kappa shape index (κ3) is 6.82. The van der Waals surface area contributed by atoms with Crippen molar-refractivity contribution in [2.45, 2.75) is 44.9 Å². The highest BCUT2D eigenvalue weighted by molar-refractivity contribution is 6.74. The molecule has 0 rings (SSSR count). The van der Waals surface area contributed by atoms with Gasteiger partial charge in [0.25, 0.3) is 0 Å². The van der Waals surface area contributed by atoms with Crippen molar-refractivity contribution in [3.63, 3.8) is 0 Å². The second-order valence-electron chi connectivity index (χ2n) is 3.73. The molecule has 0 aliphatic heterocycles. The summed E-state index contributed by atoms with van der Waals surface area (Å²) in [4.78, 5) is 0. The van der Waals surface area contributed by atoms with Gasteiger partial charge in [0, 0.05) is 0 Å². The highest BCUT2D eigenvalue weighted by Gasteiger charge is 2.19. The maximum atomic E-state index is 5.86. The minimum Gasteiger partial charge on any atom is -0.461 e. The van der Waals surface area contributed by atoms with E-state index in [0.29, 0.717) is 0 Å². The summed E-state index contributed by atoms with van der Waals surface area (Å²) < 4.78 is 5.86. The maximum Gasteiger partial charge on any atom is 0.172 e. The molecule has 0 aliphatic rings. The van der Waals surface area contributed by atoms with Crippen LogP contribution in [0.25, 0.3) is 0 Å². The number of allylic oxidation sites excluding steroid dienone is 1. The predicted octanol–water partition coefficient (Wildman–Crippen LogP) is 2.70. The van der Waals surface area contributed by atoms with Crippen molar-refractivity contribution in [3.8, 4) is 0 Å². The van der Waals surface area contributed by atoms with Crippen molar-refractivity contribution in [1.82, 2.24) is 0 Å². The Morgan fingerprint density at radius 1 is 1.42 bits per heavy atom. The number of unbranched alkanes of at least 4 members (excludes halogenated alkanes) is 2. The molecule has 0 atom stereocenters. The number of rotatable bonds is 7. The van der Waals surface area contributed by atoms with E-state index < -0.39 is 8.32 Å². The van der Waals surface area contributed by atoms with Gasteiger partial charge in [-0.05, 0) is 25.6 Å². The molecule has 0 amide bonds. The number of hydrogen-bond acceptors (Lipinski definition) is 1. The Kier molecular flexibility index (Phi) is 6.70. The van der Waals surface area contributed by atoms with Crippen molar-refractivity contribution >= 4 is 18.1 Å². The van der Waals surface area contributed by atoms with Crippen LogP contribution >= 0.6 is 0 Å². The predicted molar refractivity (Wildman–Crippen MR) is 61.8 cm³/mol. The number of hydrogen-bond donors (Lipinski definition) is 0. The van der Waals surface area contributed by atoms with Crippen LogP contribution in [0.5, 0.6) is 0 Å². The van der Waals surface area contributed by atoms with E-state index in [-0.39, 0.29) is 9.76 Å². The molecule has 0 aromatic rings. The van der Waals surface area contributed by atoms with Gasteiger partial charge in [-0.1, -0.05) is 25.5 Å². The lowest BCUT2D eigenvalue weighted by molar-refractivity contribution is 0.581. The molecule has 1 nitrogen and oxygen atoms in total. The fourth-order valence-electron chi connectivity index (χ4n) is 1.30. The molecule has 0 spiro atoms. The summed E-state index contributed by atoms with van der Waals surface area (Å²) >= 11 is 0. The van der Waals surface area contributed by atoms with Crippen LogP contribution in [0.4, 0.5) is 0 Å². The minimum atomic E-state index is -1.23. The van der Waals surface area contributed by atoms with Gasteiger partial charge in [0.2, 0.25) is 0 Å². The standard InChI is InChI=1S/C9H22OSi2/c1-5-6-7-8-9-12(3,4)10-11-2/h5H,1,6-9,11H2,2-4H3. The average molecular weight is 202 g/mol. The third-order valence-corrected chi connectivity index (χ3v) is 7.81. The van der Waals surface area contributed by atoms with Gasteiger partial charge >= 0.3 is 0 Å². The summed E-state index contributed by atoms with van der Waals surface area (Å²) in [7, 11) is -1.41. The molecule has 0 unspecified atom stereocenters. The van der Waals surface area contributed by atoms with Crippen LogP contribution in [0.15, 0.2) is 12.7 Å². The Bertz CT molecular complexity index is 124. The molecular formula is C9H22OSi2. The van der Waals surface area contributed by atoms with E-state index in [1.54, 1.807) is 0 Å². The van der Waals surface area contributed by atoms with Crippen LogP contribution < -0.4 is 0 Å². The maximum absolute atomic E-state index is 5.86. The highest BCUT2D eigenvalue weighted by Crippen LogP contribution is 2.15. The lowest BCUT2D eigenvalue weighted by Crippen LogP contribution is -2.30. The van der Waals surface area contributed by atoms with Gasteiger partial charge in [-0.25, -0.2) is 0 Å². The van der Waals surface area contributed by atoms with E-state index in [1.165, 1.54) is 18.9 Å². The molecule has 72 valence electrons. The lowest BCUT2D eigenvalue weighted by Gasteiger charge is -2.22. The van der Waals surface area contributed by atoms with E-state index >= 15 is 0 Å². The zero-order chi connectivity index (χ0) is 9.45. The van der Waals surface area contributed by atoms with E-state index in [4.69, 9.17) is 4.12 Å². The molecule has 0 fully saturated rings. The molecule has 0 saturated heterocycles. The van der Waals surface area contributed by atoms with E-state index in [9.17, 15) is 0 Å². The first-order chi connectivity index (χ1) is 5.62. The van der Waals surface area contributed by atoms with E-state index in [1.807, 2.05) is 6.08 Å². The second kappa shape index (κ2) is 6.63. The lowest BCUT2D eigenvalue weighted by atomic mass is 10.2. The summed E-state index contributed by atoms with van der Waals surface area (Å²) in [6.07, 6.45) is 5.77. The van der Waals surface area contributed by atoms with Crippen LogP contribution in [-0.4, -0.2) is 18.1 Å². The molecule has 0 saturated carbocycles. The van der Waals surface area contributed by atoms with Crippen LogP contribution in [0, 0.1) is 0 Å². The smallest absolute Gasteiger partial charge is 0.172 e.